The highest BCUT2D eigenvalue weighted by Gasteiger charge is 2.12. The maximum atomic E-state index is 12.8. The molecular formula is C22H16N2O. The summed E-state index contributed by atoms with van der Waals surface area (Å²) >= 11 is 0. The molecule has 2 aromatic heterocycles. The second-order valence-electron chi connectivity index (χ2n) is 5.74. The number of rotatable bonds is 3. The van der Waals surface area contributed by atoms with Crippen LogP contribution in [0.1, 0.15) is 11.3 Å². The number of fused-ring (bicyclic) bond motifs is 1. The Hall–Kier alpha value is -3.46. The van der Waals surface area contributed by atoms with Crippen molar-refractivity contribution in [2.45, 2.75) is 0 Å². The number of hydrogen-bond acceptors (Lipinski definition) is 2. The second kappa shape index (κ2) is 6.57. The van der Waals surface area contributed by atoms with E-state index in [0.29, 0.717) is 5.56 Å². The predicted octanol–water partition coefficient (Wildman–Crippen LogP) is 4.76. The number of hydrogen-bond donors (Lipinski definition) is 1. The number of para-hydroxylation sites is 1. The van der Waals surface area contributed by atoms with E-state index in [0.717, 1.165) is 27.7 Å². The molecule has 120 valence electrons. The molecule has 0 atom stereocenters. The van der Waals surface area contributed by atoms with Crippen molar-refractivity contribution in [3.8, 4) is 11.1 Å². The Balaban J connectivity index is 1.99. The second-order valence-corrected chi connectivity index (χ2v) is 5.74. The Morgan fingerprint density at radius 1 is 0.800 bits per heavy atom. The normalized spacial score (nSPS) is 11.2. The molecule has 0 aliphatic carbocycles. The molecule has 25 heavy (non-hydrogen) atoms. The van der Waals surface area contributed by atoms with Gasteiger partial charge in [-0.1, -0.05) is 60.7 Å². The molecule has 0 saturated carbocycles. The van der Waals surface area contributed by atoms with Gasteiger partial charge in [-0.25, -0.2) is 0 Å². The number of aromatic nitrogens is 2. The molecule has 0 aliphatic rings. The van der Waals surface area contributed by atoms with Crippen LogP contribution in [0.3, 0.4) is 0 Å². The highest BCUT2D eigenvalue weighted by atomic mass is 16.1. The predicted molar refractivity (Wildman–Crippen MR) is 103 cm³/mol. The number of aromatic amines is 1. The van der Waals surface area contributed by atoms with Gasteiger partial charge in [-0.2, -0.15) is 0 Å². The number of benzene rings is 2. The summed E-state index contributed by atoms with van der Waals surface area (Å²) in [7, 11) is 0. The molecule has 4 aromatic rings. The van der Waals surface area contributed by atoms with Gasteiger partial charge in [0, 0.05) is 17.1 Å². The fourth-order valence-electron chi connectivity index (χ4n) is 2.98. The minimum Gasteiger partial charge on any atom is -0.321 e. The Labute approximate surface area is 145 Å². The molecule has 0 bridgehead atoms. The van der Waals surface area contributed by atoms with Crippen LogP contribution in [-0.4, -0.2) is 9.97 Å². The third-order valence-corrected chi connectivity index (χ3v) is 4.13. The maximum Gasteiger partial charge on any atom is 0.256 e. The standard InChI is InChI=1S/C22H16N2O/c25-22-21(16-8-2-1-3-9-16)19(14-13-17-10-6-7-15-23-17)18-11-4-5-12-20(18)24-22/h1-15H,(H,24,25)/b14-13+. The van der Waals surface area contributed by atoms with Gasteiger partial charge < -0.3 is 4.98 Å². The fourth-order valence-corrected chi connectivity index (χ4v) is 2.98. The third kappa shape index (κ3) is 3.00. The highest BCUT2D eigenvalue weighted by molar-refractivity contribution is 5.96. The minimum atomic E-state index is -0.0921. The van der Waals surface area contributed by atoms with Gasteiger partial charge in [0.05, 0.1) is 11.3 Å². The van der Waals surface area contributed by atoms with Crippen LogP contribution in [0, 0.1) is 0 Å². The van der Waals surface area contributed by atoms with E-state index >= 15 is 0 Å². The number of pyridine rings is 2. The van der Waals surface area contributed by atoms with E-state index in [1.807, 2.05) is 84.9 Å². The highest BCUT2D eigenvalue weighted by Crippen LogP contribution is 2.27. The Morgan fingerprint density at radius 3 is 2.36 bits per heavy atom. The van der Waals surface area contributed by atoms with Gasteiger partial charge in [-0.3, -0.25) is 9.78 Å². The van der Waals surface area contributed by atoms with Crippen molar-refractivity contribution >= 4 is 23.1 Å². The van der Waals surface area contributed by atoms with Crippen LogP contribution in [0.15, 0.2) is 83.8 Å². The van der Waals surface area contributed by atoms with E-state index in [1.165, 1.54) is 0 Å². The van der Waals surface area contributed by atoms with Gasteiger partial charge in [0.1, 0.15) is 0 Å². The van der Waals surface area contributed by atoms with Crippen LogP contribution in [0.25, 0.3) is 34.2 Å². The SMILES string of the molecule is O=c1[nH]c2ccccc2c(/C=C/c2ccccn2)c1-c1ccccc1. The Morgan fingerprint density at radius 2 is 1.56 bits per heavy atom. The quantitative estimate of drug-likeness (QED) is 0.590. The van der Waals surface area contributed by atoms with Crippen LogP contribution in [0.4, 0.5) is 0 Å². The van der Waals surface area contributed by atoms with Crippen LogP contribution in [0.5, 0.6) is 0 Å². The summed E-state index contributed by atoms with van der Waals surface area (Å²) in [6.07, 6.45) is 5.67. The lowest BCUT2D eigenvalue weighted by Gasteiger charge is -2.10. The van der Waals surface area contributed by atoms with Crippen molar-refractivity contribution in [1.29, 1.82) is 0 Å². The Bertz CT molecular complexity index is 1100. The van der Waals surface area contributed by atoms with Gasteiger partial charge in [0.2, 0.25) is 0 Å². The monoisotopic (exact) mass is 324 g/mol. The Kier molecular flexibility index (Phi) is 3.97. The van der Waals surface area contributed by atoms with Crippen molar-refractivity contribution in [2.75, 3.05) is 0 Å². The zero-order valence-corrected chi connectivity index (χ0v) is 13.5. The number of H-pyrrole nitrogens is 1. The summed E-state index contributed by atoms with van der Waals surface area (Å²) in [4.78, 5) is 20.1. The first-order valence-electron chi connectivity index (χ1n) is 8.12. The van der Waals surface area contributed by atoms with Gasteiger partial charge in [0.15, 0.2) is 0 Å². The molecule has 2 heterocycles. The van der Waals surface area contributed by atoms with Crippen LogP contribution >= 0.6 is 0 Å². The molecule has 3 heteroatoms. The zero-order valence-electron chi connectivity index (χ0n) is 13.5. The van der Waals surface area contributed by atoms with Crippen molar-refractivity contribution in [2.24, 2.45) is 0 Å². The zero-order chi connectivity index (χ0) is 17.1. The molecule has 0 radical (unpaired) electrons. The first kappa shape index (κ1) is 15.1. The van der Waals surface area contributed by atoms with Crippen molar-refractivity contribution in [3.63, 3.8) is 0 Å². The molecule has 0 saturated heterocycles. The summed E-state index contributed by atoms with van der Waals surface area (Å²) in [5.41, 5.74) is 4.06. The molecular weight excluding hydrogens is 308 g/mol. The fraction of sp³-hybridized carbons (Fsp3) is 0. The molecule has 2 aromatic carbocycles. The van der Waals surface area contributed by atoms with Gasteiger partial charge in [-0.05, 0) is 35.4 Å². The average molecular weight is 324 g/mol. The van der Waals surface area contributed by atoms with E-state index in [2.05, 4.69) is 9.97 Å². The number of nitrogens with one attached hydrogen (secondary N) is 1. The minimum absolute atomic E-state index is 0.0921. The largest absolute Gasteiger partial charge is 0.321 e. The lowest BCUT2D eigenvalue weighted by atomic mass is 9.97. The van der Waals surface area contributed by atoms with E-state index < -0.39 is 0 Å². The van der Waals surface area contributed by atoms with Crippen LogP contribution in [-0.2, 0) is 0 Å². The molecule has 0 aliphatic heterocycles. The number of nitrogens with zero attached hydrogens (tertiary/aromatic N) is 1. The molecule has 0 spiro atoms. The van der Waals surface area contributed by atoms with E-state index in [9.17, 15) is 4.79 Å². The molecule has 4 rings (SSSR count). The molecule has 0 unspecified atom stereocenters. The summed E-state index contributed by atoms with van der Waals surface area (Å²) < 4.78 is 0. The summed E-state index contributed by atoms with van der Waals surface area (Å²) in [5, 5.41) is 1.01. The average Bonchev–Trinajstić information content (AvgIpc) is 2.67. The van der Waals surface area contributed by atoms with Crippen LogP contribution in [0.2, 0.25) is 0 Å². The summed E-state index contributed by atoms with van der Waals surface area (Å²) in [6, 6.07) is 23.4. The van der Waals surface area contributed by atoms with Crippen molar-refractivity contribution in [1.82, 2.24) is 9.97 Å². The van der Waals surface area contributed by atoms with E-state index in [1.54, 1.807) is 6.20 Å². The third-order valence-electron chi connectivity index (χ3n) is 4.13. The molecule has 1 N–H and O–H groups in total. The maximum absolute atomic E-state index is 12.8. The van der Waals surface area contributed by atoms with E-state index in [-0.39, 0.29) is 5.56 Å². The first-order chi connectivity index (χ1) is 12.3. The first-order valence-corrected chi connectivity index (χ1v) is 8.12. The van der Waals surface area contributed by atoms with Gasteiger partial charge >= 0.3 is 0 Å². The van der Waals surface area contributed by atoms with Crippen LogP contribution < -0.4 is 5.56 Å². The lowest BCUT2D eigenvalue weighted by Crippen LogP contribution is -2.11. The summed E-state index contributed by atoms with van der Waals surface area (Å²) in [5.74, 6) is 0. The van der Waals surface area contributed by atoms with Gasteiger partial charge in [0.25, 0.3) is 5.56 Å². The smallest absolute Gasteiger partial charge is 0.256 e. The molecule has 3 nitrogen and oxygen atoms in total. The van der Waals surface area contributed by atoms with Gasteiger partial charge in [-0.15, -0.1) is 0 Å². The van der Waals surface area contributed by atoms with E-state index in [4.69, 9.17) is 0 Å². The molecule has 0 fully saturated rings. The topological polar surface area (TPSA) is 45.8 Å². The molecule has 0 amide bonds. The lowest BCUT2D eigenvalue weighted by molar-refractivity contribution is 1.29. The summed E-state index contributed by atoms with van der Waals surface area (Å²) in [6.45, 7) is 0. The van der Waals surface area contributed by atoms with Crippen molar-refractivity contribution in [3.05, 3.63) is 101 Å². The van der Waals surface area contributed by atoms with Crippen molar-refractivity contribution < 1.29 is 0 Å².